The third-order valence-electron chi connectivity index (χ3n) is 3.60. The number of thioether (sulfide) groups is 1. The summed E-state index contributed by atoms with van der Waals surface area (Å²) in [6.07, 6.45) is 1.74. The molecule has 8 heteroatoms. The van der Waals surface area contributed by atoms with Gasteiger partial charge in [-0.15, -0.1) is 0 Å². The molecule has 27 heavy (non-hydrogen) atoms. The lowest BCUT2D eigenvalue weighted by atomic mass is 10.2. The largest absolute Gasteiger partial charge is 0.504 e. The molecule has 0 radical (unpaired) electrons. The summed E-state index contributed by atoms with van der Waals surface area (Å²) in [7, 11) is 1.49. The van der Waals surface area contributed by atoms with Crippen molar-refractivity contribution in [3.05, 3.63) is 50.4 Å². The smallest absolute Gasteiger partial charge is 0.264 e. The standard InChI is InChI=1S/C19H17IN2O4S/c1-3-26-13-6-4-12(5-7-13)21-19-22-18(24)16(27-19)10-11-8-14(20)17(23)15(9-11)25-2/h4-10,23H,3H2,1-2H3,(H,21,22,24)/b16-10+. The van der Waals surface area contributed by atoms with Gasteiger partial charge in [-0.2, -0.15) is 0 Å². The number of carbonyl (C=O) groups excluding carboxylic acids is 1. The van der Waals surface area contributed by atoms with Gasteiger partial charge in [-0.3, -0.25) is 4.79 Å². The molecule has 140 valence electrons. The minimum atomic E-state index is -0.216. The Morgan fingerprint density at radius 1 is 1.30 bits per heavy atom. The molecule has 0 aromatic heterocycles. The van der Waals surface area contributed by atoms with Gasteiger partial charge >= 0.3 is 0 Å². The van der Waals surface area contributed by atoms with Crippen LogP contribution in [-0.4, -0.2) is 29.9 Å². The van der Waals surface area contributed by atoms with Crippen LogP contribution in [0.4, 0.5) is 5.69 Å². The fraction of sp³-hybridized carbons (Fsp3) is 0.158. The zero-order valence-corrected chi connectivity index (χ0v) is 17.6. The number of aliphatic imine (C=N–C) groups is 1. The van der Waals surface area contributed by atoms with Crippen molar-refractivity contribution >= 4 is 57.2 Å². The first-order valence-corrected chi connectivity index (χ1v) is 9.98. The highest BCUT2D eigenvalue weighted by atomic mass is 127. The number of rotatable bonds is 5. The van der Waals surface area contributed by atoms with Crippen LogP contribution in [0.25, 0.3) is 6.08 Å². The Balaban J connectivity index is 1.81. The maximum Gasteiger partial charge on any atom is 0.264 e. The van der Waals surface area contributed by atoms with Crippen molar-refractivity contribution in [2.45, 2.75) is 6.92 Å². The summed E-state index contributed by atoms with van der Waals surface area (Å²) in [5.41, 5.74) is 1.48. The van der Waals surface area contributed by atoms with Crippen molar-refractivity contribution in [1.29, 1.82) is 0 Å². The highest BCUT2D eigenvalue weighted by Crippen LogP contribution is 2.35. The molecule has 2 N–H and O–H groups in total. The van der Waals surface area contributed by atoms with E-state index in [-0.39, 0.29) is 11.7 Å². The molecule has 2 aromatic rings. The van der Waals surface area contributed by atoms with Crippen molar-refractivity contribution in [3.63, 3.8) is 0 Å². The third kappa shape index (κ3) is 4.75. The summed E-state index contributed by atoms with van der Waals surface area (Å²) >= 11 is 3.28. The Bertz CT molecular complexity index is 926. The first-order chi connectivity index (χ1) is 13.0. The van der Waals surface area contributed by atoms with Gasteiger partial charge in [-0.25, -0.2) is 4.99 Å². The zero-order chi connectivity index (χ0) is 19.4. The number of methoxy groups -OCH3 is 1. The van der Waals surface area contributed by atoms with Gasteiger partial charge in [0.25, 0.3) is 5.91 Å². The first kappa shape index (κ1) is 19.6. The van der Waals surface area contributed by atoms with Gasteiger partial charge in [0, 0.05) is 0 Å². The van der Waals surface area contributed by atoms with E-state index in [0.717, 1.165) is 17.0 Å². The molecule has 0 bridgehead atoms. The Morgan fingerprint density at radius 3 is 2.70 bits per heavy atom. The molecule has 0 atom stereocenters. The van der Waals surface area contributed by atoms with Crippen LogP contribution in [-0.2, 0) is 4.79 Å². The molecular weight excluding hydrogens is 479 g/mol. The lowest BCUT2D eigenvalue weighted by Gasteiger charge is -2.06. The molecule has 0 aliphatic carbocycles. The van der Waals surface area contributed by atoms with Crippen molar-refractivity contribution in [2.75, 3.05) is 13.7 Å². The van der Waals surface area contributed by atoms with Gasteiger partial charge in [0.15, 0.2) is 16.7 Å². The number of nitrogens with zero attached hydrogens (tertiary/aromatic N) is 1. The predicted molar refractivity (Wildman–Crippen MR) is 116 cm³/mol. The van der Waals surface area contributed by atoms with E-state index < -0.39 is 0 Å². The summed E-state index contributed by atoms with van der Waals surface area (Å²) < 4.78 is 11.2. The fourth-order valence-electron chi connectivity index (χ4n) is 2.37. The minimum absolute atomic E-state index is 0.0847. The molecule has 1 aliphatic heterocycles. The SMILES string of the molecule is CCOc1ccc(N=C2NC(=O)/C(=C\c3cc(I)c(O)c(OC)c3)S2)cc1. The number of phenols is 1. The molecule has 1 aliphatic rings. The molecule has 1 fully saturated rings. The number of amidine groups is 1. The number of amides is 1. The van der Waals surface area contributed by atoms with Gasteiger partial charge in [-0.1, -0.05) is 0 Å². The van der Waals surface area contributed by atoms with E-state index in [9.17, 15) is 9.90 Å². The predicted octanol–water partition coefficient (Wildman–Crippen LogP) is 4.30. The van der Waals surface area contributed by atoms with E-state index in [4.69, 9.17) is 9.47 Å². The Morgan fingerprint density at radius 2 is 2.04 bits per heavy atom. The second-order valence-electron chi connectivity index (χ2n) is 5.46. The van der Waals surface area contributed by atoms with Gasteiger partial charge < -0.3 is 19.9 Å². The summed E-state index contributed by atoms with van der Waals surface area (Å²) in [5, 5.41) is 13.2. The van der Waals surface area contributed by atoms with Crippen molar-refractivity contribution in [1.82, 2.24) is 5.32 Å². The van der Waals surface area contributed by atoms with Crippen LogP contribution in [0.2, 0.25) is 0 Å². The van der Waals surface area contributed by atoms with Crippen LogP contribution in [0.1, 0.15) is 12.5 Å². The summed E-state index contributed by atoms with van der Waals surface area (Å²) in [6, 6.07) is 10.8. The van der Waals surface area contributed by atoms with Gasteiger partial charge in [0.05, 0.1) is 27.9 Å². The number of carbonyl (C=O) groups is 1. The molecule has 1 amide bonds. The zero-order valence-electron chi connectivity index (χ0n) is 14.7. The number of ether oxygens (including phenoxy) is 2. The quantitative estimate of drug-likeness (QED) is 0.477. The average molecular weight is 496 g/mol. The second-order valence-corrected chi connectivity index (χ2v) is 7.66. The fourth-order valence-corrected chi connectivity index (χ4v) is 3.83. The van der Waals surface area contributed by atoms with Crippen molar-refractivity contribution < 1.29 is 19.4 Å². The van der Waals surface area contributed by atoms with E-state index in [2.05, 4.69) is 10.3 Å². The lowest BCUT2D eigenvalue weighted by Crippen LogP contribution is -2.19. The van der Waals surface area contributed by atoms with Crippen LogP contribution >= 0.6 is 34.4 Å². The molecule has 0 unspecified atom stereocenters. The molecule has 6 nitrogen and oxygen atoms in total. The molecule has 1 heterocycles. The molecular formula is C19H17IN2O4S. The minimum Gasteiger partial charge on any atom is -0.504 e. The molecule has 1 saturated heterocycles. The lowest BCUT2D eigenvalue weighted by molar-refractivity contribution is -0.115. The van der Waals surface area contributed by atoms with E-state index >= 15 is 0 Å². The Labute approximate surface area is 174 Å². The van der Waals surface area contributed by atoms with Crippen LogP contribution in [0.15, 0.2) is 46.3 Å². The van der Waals surface area contributed by atoms with Crippen LogP contribution in [0.3, 0.4) is 0 Å². The topological polar surface area (TPSA) is 80.2 Å². The normalized spacial score (nSPS) is 16.6. The summed E-state index contributed by atoms with van der Waals surface area (Å²) in [6.45, 7) is 2.53. The Hall–Kier alpha value is -2.20. The number of aromatic hydroxyl groups is 1. The Kier molecular flexibility index (Phi) is 6.27. The maximum atomic E-state index is 12.2. The van der Waals surface area contributed by atoms with Crippen molar-refractivity contribution in [3.8, 4) is 17.2 Å². The highest BCUT2D eigenvalue weighted by Gasteiger charge is 2.24. The average Bonchev–Trinajstić information content (AvgIpc) is 2.99. The van der Waals surface area contributed by atoms with E-state index in [1.807, 2.05) is 53.8 Å². The van der Waals surface area contributed by atoms with Gasteiger partial charge in [0.1, 0.15) is 5.75 Å². The molecule has 3 rings (SSSR count). The number of halogens is 1. The number of hydrogen-bond donors (Lipinski definition) is 2. The number of hydrogen-bond acceptors (Lipinski definition) is 6. The second kappa shape index (κ2) is 8.66. The third-order valence-corrected chi connectivity index (χ3v) is 5.33. The number of benzene rings is 2. The van der Waals surface area contributed by atoms with Crippen molar-refractivity contribution in [2.24, 2.45) is 4.99 Å². The van der Waals surface area contributed by atoms with E-state index in [1.54, 1.807) is 18.2 Å². The number of phenolic OH excluding ortho intramolecular Hbond substituents is 1. The molecule has 0 saturated carbocycles. The molecule has 0 spiro atoms. The maximum absolute atomic E-state index is 12.2. The molecule has 2 aromatic carbocycles. The van der Waals surface area contributed by atoms with E-state index in [1.165, 1.54) is 18.9 Å². The van der Waals surface area contributed by atoms with Gasteiger partial charge in [0.2, 0.25) is 0 Å². The monoisotopic (exact) mass is 496 g/mol. The first-order valence-electron chi connectivity index (χ1n) is 8.09. The summed E-state index contributed by atoms with van der Waals surface area (Å²) in [4.78, 5) is 17.2. The number of nitrogens with one attached hydrogen (secondary N) is 1. The van der Waals surface area contributed by atoms with Crippen LogP contribution < -0.4 is 14.8 Å². The summed E-state index contributed by atoms with van der Waals surface area (Å²) in [5.74, 6) is 1.01. The van der Waals surface area contributed by atoms with Gasteiger partial charge in [-0.05, 0) is 89.3 Å². The van der Waals surface area contributed by atoms with Crippen LogP contribution in [0, 0.1) is 3.57 Å². The highest BCUT2D eigenvalue weighted by molar-refractivity contribution is 14.1. The van der Waals surface area contributed by atoms with E-state index in [0.29, 0.717) is 26.0 Å². The van der Waals surface area contributed by atoms with Crippen LogP contribution in [0.5, 0.6) is 17.2 Å².